The molecule has 100 valence electrons. The number of hydrogen-bond donors (Lipinski definition) is 1. The number of hydrogen-bond acceptors (Lipinski definition) is 6. The summed E-state index contributed by atoms with van der Waals surface area (Å²) in [6.45, 7) is 4.20. The van der Waals surface area contributed by atoms with Crippen LogP contribution in [0.25, 0.3) is 0 Å². The topological polar surface area (TPSA) is 83.7 Å². The van der Waals surface area contributed by atoms with E-state index < -0.39 is 4.92 Å². The minimum Gasteiger partial charge on any atom is -0.395 e. The minimum atomic E-state index is -0.488. The van der Waals surface area contributed by atoms with E-state index in [0.29, 0.717) is 23.0 Å². The lowest BCUT2D eigenvalue weighted by Gasteiger charge is -2.20. The Morgan fingerprint density at radius 3 is 2.67 bits per heavy atom. The molecule has 1 heterocycles. The Labute approximate surface area is 109 Å². The molecule has 0 atom stereocenters. The molecule has 0 radical (unpaired) electrons. The second-order valence-electron chi connectivity index (χ2n) is 3.82. The highest BCUT2D eigenvalue weighted by molar-refractivity contribution is 7.18. The maximum absolute atomic E-state index is 11.3. The molecule has 0 unspecified atom stereocenters. The van der Waals surface area contributed by atoms with Crippen LogP contribution in [0.1, 0.15) is 29.9 Å². The second-order valence-corrected chi connectivity index (χ2v) is 4.86. The van der Waals surface area contributed by atoms with E-state index >= 15 is 0 Å². The van der Waals surface area contributed by atoms with Crippen molar-refractivity contribution in [3.8, 4) is 0 Å². The average Bonchev–Trinajstić information content (AvgIpc) is 2.73. The first kappa shape index (κ1) is 14.6. The number of Topliss-reactive ketones (excluding diaryl/α,β-unsaturated/α-hetero) is 1. The average molecular weight is 272 g/mol. The lowest BCUT2D eigenvalue weighted by Crippen LogP contribution is -2.27. The number of anilines is 1. The number of carbonyl (C=O) groups excluding carboxylic acids is 1. The van der Waals surface area contributed by atoms with Crippen molar-refractivity contribution in [3.05, 3.63) is 21.1 Å². The van der Waals surface area contributed by atoms with Crippen LogP contribution in [-0.2, 0) is 0 Å². The third kappa shape index (κ3) is 3.27. The molecular formula is C11H16N2O4S. The fraction of sp³-hybridized carbons (Fsp3) is 0.545. The van der Waals surface area contributed by atoms with Gasteiger partial charge in [0.25, 0.3) is 0 Å². The summed E-state index contributed by atoms with van der Waals surface area (Å²) in [4.78, 5) is 23.9. The number of carbonyl (C=O) groups is 1. The maximum Gasteiger partial charge on any atom is 0.304 e. The van der Waals surface area contributed by atoms with Gasteiger partial charge in [0.15, 0.2) is 10.8 Å². The molecule has 18 heavy (non-hydrogen) atoms. The Kier molecular flexibility index (Phi) is 5.24. The predicted octanol–water partition coefficient (Wildman–Crippen LogP) is 2.07. The van der Waals surface area contributed by atoms with E-state index in [1.54, 1.807) is 4.90 Å². The van der Waals surface area contributed by atoms with Crippen molar-refractivity contribution in [1.29, 1.82) is 0 Å². The van der Waals surface area contributed by atoms with Crippen LogP contribution in [0.15, 0.2) is 6.07 Å². The van der Waals surface area contributed by atoms with E-state index in [2.05, 4.69) is 0 Å². The SMILES string of the molecule is CCCN(CCO)c1sc(C(C)=O)cc1[N+](=O)[O-]. The van der Waals surface area contributed by atoms with Gasteiger partial charge >= 0.3 is 5.69 Å². The van der Waals surface area contributed by atoms with E-state index in [4.69, 9.17) is 5.11 Å². The van der Waals surface area contributed by atoms with E-state index in [-0.39, 0.29) is 18.1 Å². The van der Waals surface area contributed by atoms with Gasteiger partial charge in [-0.05, 0) is 13.3 Å². The van der Waals surface area contributed by atoms with Crippen LogP contribution in [0, 0.1) is 10.1 Å². The number of aliphatic hydroxyl groups is 1. The summed E-state index contributed by atoms with van der Waals surface area (Å²) in [6.07, 6.45) is 0.810. The van der Waals surface area contributed by atoms with E-state index in [1.807, 2.05) is 6.92 Å². The number of nitro groups is 1. The van der Waals surface area contributed by atoms with Crippen LogP contribution in [0.4, 0.5) is 10.7 Å². The lowest BCUT2D eigenvalue weighted by molar-refractivity contribution is -0.383. The van der Waals surface area contributed by atoms with Gasteiger partial charge in [-0.25, -0.2) is 0 Å². The summed E-state index contributed by atoms with van der Waals surface area (Å²) in [6, 6.07) is 1.31. The van der Waals surface area contributed by atoms with Crippen LogP contribution in [-0.4, -0.2) is 35.5 Å². The van der Waals surface area contributed by atoms with Crippen molar-refractivity contribution < 1.29 is 14.8 Å². The Morgan fingerprint density at radius 1 is 1.56 bits per heavy atom. The Hall–Kier alpha value is -1.47. The molecule has 0 bridgehead atoms. The first-order valence-corrected chi connectivity index (χ1v) is 6.47. The Bertz CT molecular complexity index is 438. The number of aliphatic hydroxyl groups excluding tert-OH is 1. The van der Waals surface area contributed by atoms with Gasteiger partial charge in [-0.1, -0.05) is 6.92 Å². The summed E-state index contributed by atoms with van der Waals surface area (Å²) >= 11 is 1.11. The minimum absolute atomic E-state index is 0.0629. The molecule has 7 heteroatoms. The molecule has 1 rings (SSSR count). The van der Waals surface area contributed by atoms with Crippen LogP contribution < -0.4 is 4.90 Å². The van der Waals surface area contributed by atoms with Crippen LogP contribution in [0.2, 0.25) is 0 Å². The van der Waals surface area contributed by atoms with Crippen LogP contribution in [0.3, 0.4) is 0 Å². The first-order valence-electron chi connectivity index (χ1n) is 5.66. The molecule has 0 spiro atoms. The Balaban J connectivity index is 3.17. The standard InChI is InChI=1S/C11H16N2O4S/c1-3-4-12(5-6-14)11-9(13(16)17)7-10(18-11)8(2)15/h7,14H,3-6H2,1-2H3. The molecule has 0 amide bonds. The summed E-state index contributed by atoms with van der Waals surface area (Å²) < 4.78 is 0. The lowest BCUT2D eigenvalue weighted by atomic mass is 10.3. The van der Waals surface area contributed by atoms with Gasteiger partial charge in [0.2, 0.25) is 0 Å². The molecule has 0 aliphatic heterocycles. The molecule has 0 aliphatic rings. The van der Waals surface area contributed by atoms with Crippen molar-refractivity contribution in [3.63, 3.8) is 0 Å². The van der Waals surface area contributed by atoms with Gasteiger partial charge in [0.1, 0.15) is 0 Å². The zero-order valence-corrected chi connectivity index (χ0v) is 11.2. The number of ketones is 1. The quantitative estimate of drug-likeness (QED) is 0.466. The summed E-state index contributed by atoms with van der Waals surface area (Å²) in [7, 11) is 0. The van der Waals surface area contributed by atoms with E-state index in [0.717, 1.165) is 17.8 Å². The van der Waals surface area contributed by atoms with Gasteiger partial charge < -0.3 is 10.0 Å². The molecule has 1 N–H and O–H groups in total. The highest BCUT2D eigenvalue weighted by atomic mass is 32.1. The zero-order valence-electron chi connectivity index (χ0n) is 10.4. The molecular weight excluding hydrogens is 256 g/mol. The fourth-order valence-electron chi connectivity index (χ4n) is 1.61. The molecule has 0 aliphatic carbocycles. The van der Waals surface area contributed by atoms with Crippen LogP contribution >= 0.6 is 11.3 Å². The Morgan fingerprint density at radius 2 is 2.22 bits per heavy atom. The molecule has 1 aromatic heterocycles. The van der Waals surface area contributed by atoms with Crippen molar-refractivity contribution in [2.24, 2.45) is 0 Å². The monoisotopic (exact) mass is 272 g/mol. The normalized spacial score (nSPS) is 10.4. The number of nitrogens with zero attached hydrogens (tertiary/aromatic N) is 2. The van der Waals surface area contributed by atoms with Gasteiger partial charge in [-0.3, -0.25) is 14.9 Å². The number of thiophene rings is 1. The summed E-state index contributed by atoms with van der Waals surface area (Å²) in [5, 5.41) is 20.4. The van der Waals surface area contributed by atoms with Gasteiger partial charge in [-0.15, -0.1) is 11.3 Å². The van der Waals surface area contributed by atoms with Crippen molar-refractivity contribution >= 4 is 27.8 Å². The molecule has 0 saturated carbocycles. The number of rotatable bonds is 7. The third-order valence-electron chi connectivity index (χ3n) is 2.39. The highest BCUT2D eigenvalue weighted by Gasteiger charge is 2.24. The van der Waals surface area contributed by atoms with E-state index in [9.17, 15) is 14.9 Å². The first-order chi connectivity index (χ1) is 8.51. The predicted molar refractivity (Wildman–Crippen MR) is 70.6 cm³/mol. The van der Waals surface area contributed by atoms with Crippen LogP contribution in [0.5, 0.6) is 0 Å². The summed E-state index contributed by atoms with van der Waals surface area (Å²) in [5.41, 5.74) is -0.0629. The van der Waals surface area contributed by atoms with E-state index in [1.165, 1.54) is 13.0 Å². The maximum atomic E-state index is 11.3. The van der Waals surface area contributed by atoms with Crippen molar-refractivity contribution in [2.45, 2.75) is 20.3 Å². The molecule has 0 saturated heterocycles. The molecule has 0 fully saturated rings. The molecule has 1 aromatic rings. The third-order valence-corrected chi connectivity index (χ3v) is 3.67. The largest absolute Gasteiger partial charge is 0.395 e. The zero-order chi connectivity index (χ0) is 13.7. The van der Waals surface area contributed by atoms with Gasteiger partial charge in [0, 0.05) is 19.2 Å². The smallest absolute Gasteiger partial charge is 0.304 e. The van der Waals surface area contributed by atoms with Gasteiger partial charge in [-0.2, -0.15) is 0 Å². The molecule has 6 nitrogen and oxygen atoms in total. The summed E-state index contributed by atoms with van der Waals surface area (Å²) in [5.74, 6) is -0.185. The van der Waals surface area contributed by atoms with Crippen molar-refractivity contribution in [1.82, 2.24) is 0 Å². The fourth-order valence-corrected chi connectivity index (χ4v) is 2.68. The van der Waals surface area contributed by atoms with Crippen molar-refractivity contribution in [2.75, 3.05) is 24.6 Å². The van der Waals surface area contributed by atoms with Gasteiger partial charge in [0.05, 0.1) is 16.4 Å². The molecule has 0 aromatic carbocycles. The second kappa shape index (κ2) is 6.46. The highest BCUT2D eigenvalue weighted by Crippen LogP contribution is 2.37.